The first-order chi connectivity index (χ1) is 12.5. The van der Waals surface area contributed by atoms with Crippen molar-refractivity contribution in [2.45, 2.75) is 20.0 Å². The minimum atomic E-state index is -0.282. The minimum Gasteiger partial charge on any atom is -0.350 e. The molecule has 3 rings (SSSR count). The Bertz CT molecular complexity index is 1010. The first kappa shape index (κ1) is 17.3. The molecule has 0 unspecified atom stereocenters. The Morgan fingerprint density at radius 3 is 2.54 bits per heavy atom. The highest BCUT2D eigenvalue weighted by atomic mass is 16.2. The molecule has 1 aromatic heterocycles. The van der Waals surface area contributed by atoms with Gasteiger partial charge in [-0.1, -0.05) is 24.3 Å². The molecule has 0 bridgehead atoms. The molecule has 7 heteroatoms. The van der Waals surface area contributed by atoms with E-state index in [2.05, 4.69) is 15.6 Å². The monoisotopic (exact) mass is 350 g/mol. The molecule has 2 N–H and O–H groups in total. The SMILES string of the molecule is CC(=O)Nc1ccc(CNC(=O)Cn2cnc3ccccc3c2=O)cc1. The number of anilines is 1. The number of amides is 2. The molecule has 0 fully saturated rings. The summed E-state index contributed by atoms with van der Waals surface area (Å²) < 4.78 is 1.29. The van der Waals surface area contributed by atoms with Crippen LogP contribution in [0, 0.1) is 0 Å². The van der Waals surface area contributed by atoms with Crippen LogP contribution in [0.25, 0.3) is 10.9 Å². The molecule has 3 aromatic rings. The van der Waals surface area contributed by atoms with E-state index in [4.69, 9.17) is 0 Å². The van der Waals surface area contributed by atoms with Crippen LogP contribution >= 0.6 is 0 Å². The number of carbonyl (C=O) groups excluding carboxylic acids is 2. The van der Waals surface area contributed by atoms with Gasteiger partial charge in [0.2, 0.25) is 11.8 Å². The molecule has 0 aliphatic carbocycles. The van der Waals surface area contributed by atoms with Crippen LogP contribution < -0.4 is 16.2 Å². The van der Waals surface area contributed by atoms with Crippen LogP contribution in [0.15, 0.2) is 59.7 Å². The second-order valence-electron chi connectivity index (χ2n) is 5.85. The minimum absolute atomic E-state index is 0.0966. The maximum Gasteiger partial charge on any atom is 0.261 e. The number of hydrogen-bond donors (Lipinski definition) is 2. The smallest absolute Gasteiger partial charge is 0.261 e. The molecule has 7 nitrogen and oxygen atoms in total. The van der Waals surface area contributed by atoms with Gasteiger partial charge < -0.3 is 10.6 Å². The van der Waals surface area contributed by atoms with Gasteiger partial charge in [0, 0.05) is 19.2 Å². The van der Waals surface area contributed by atoms with Crippen molar-refractivity contribution >= 4 is 28.4 Å². The molecule has 0 saturated carbocycles. The van der Waals surface area contributed by atoms with E-state index in [0.29, 0.717) is 23.1 Å². The molecule has 2 amide bonds. The number of carbonyl (C=O) groups is 2. The van der Waals surface area contributed by atoms with Gasteiger partial charge in [-0.3, -0.25) is 19.0 Å². The van der Waals surface area contributed by atoms with Gasteiger partial charge in [-0.25, -0.2) is 4.98 Å². The maximum absolute atomic E-state index is 12.4. The summed E-state index contributed by atoms with van der Waals surface area (Å²) >= 11 is 0. The molecule has 0 atom stereocenters. The third kappa shape index (κ3) is 4.13. The van der Waals surface area contributed by atoms with Gasteiger partial charge in [0.15, 0.2) is 0 Å². The number of para-hydroxylation sites is 1. The highest BCUT2D eigenvalue weighted by Gasteiger charge is 2.08. The van der Waals surface area contributed by atoms with Crippen molar-refractivity contribution in [1.29, 1.82) is 0 Å². The van der Waals surface area contributed by atoms with Crippen LogP contribution in [-0.4, -0.2) is 21.4 Å². The Morgan fingerprint density at radius 1 is 1.08 bits per heavy atom. The zero-order chi connectivity index (χ0) is 18.5. The molecule has 0 aliphatic rings. The molecule has 0 radical (unpaired) electrons. The number of nitrogens with zero attached hydrogens (tertiary/aromatic N) is 2. The molecule has 1 heterocycles. The standard InChI is InChI=1S/C19H18N4O3/c1-13(24)22-15-8-6-14(7-9-15)10-20-18(25)11-23-12-21-17-5-3-2-4-16(17)19(23)26/h2-9,12H,10-11H2,1H3,(H,20,25)(H,22,24). The van der Waals surface area contributed by atoms with Crippen molar-refractivity contribution in [3.05, 3.63) is 70.8 Å². The molecule has 0 aliphatic heterocycles. The van der Waals surface area contributed by atoms with Gasteiger partial charge in [0.25, 0.3) is 5.56 Å². The Hall–Kier alpha value is -3.48. The lowest BCUT2D eigenvalue weighted by atomic mass is 10.2. The summed E-state index contributed by atoms with van der Waals surface area (Å²) in [5.74, 6) is -0.421. The van der Waals surface area contributed by atoms with E-state index in [1.165, 1.54) is 17.8 Å². The molecule has 132 valence electrons. The predicted molar refractivity (Wildman–Crippen MR) is 98.6 cm³/mol. The molecular weight excluding hydrogens is 332 g/mol. The van der Waals surface area contributed by atoms with Gasteiger partial charge in [0.05, 0.1) is 17.2 Å². The molecule has 0 saturated heterocycles. The summed E-state index contributed by atoms with van der Waals surface area (Å²) in [5, 5.41) is 5.93. The zero-order valence-corrected chi connectivity index (χ0v) is 14.2. The van der Waals surface area contributed by atoms with Gasteiger partial charge >= 0.3 is 0 Å². The number of rotatable bonds is 5. The average molecular weight is 350 g/mol. The summed E-state index contributed by atoms with van der Waals surface area (Å²) in [4.78, 5) is 39.7. The predicted octanol–water partition coefficient (Wildman–Crippen LogP) is 1.67. The van der Waals surface area contributed by atoms with Crippen molar-refractivity contribution in [3.63, 3.8) is 0 Å². The second kappa shape index (κ2) is 7.60. The highest BCUT2D eigenvalue weighted by Crippen LogP contribution is 2.09. The lowest BCUT2D eigenvalue weighted by molar-refractivity contribution is -0.122. The first-order valence-corrected chi connectivity index (χ1v) is 8.10. The Balaban J connectivity index is 1.62. The first-order valence-electron chi connectivity index (χ1n) is 8.10. The van der Waals surface area contributed by atoms with Crippen molar-refractivity contribution in [2.24, 2.45) is 0 Å². The Labute approximate surface area is 149 Å². The van der Waals surface area contributed by atoms with Gasteiger partial charge in [-0.05, 0) is 29.8 Å². The number of aromatic nitrogens is 2. The fraction of sp³-hybridized carbons (Fsp3) is 0.158. The quantitative estimate of drug-likeness (QED) is 0.732. The summed E-state index contributed by atoms with van der Waals surface area (Å²) in [6.45, 7) is 1.67. The normalized spacial score (nSPS) is 10.5. The lowest BCUT2D eigenvalue weighted by Crippen LogP contribution is -2.32. The number of fused-ring (bicyclic) bond motifs is 1. The van der Waals surface area contributed by atoms with Crippen molar-refractivity contribution < 1.29 is 9.59 Å². The number of nitrogens with one attached hydrogen (secondary N) is 2. The fourth-order valence-corrected chi connectivity index (χ4v) is 2.54. The summed E-state index contributed by atoms with van der Waals surface area (Å²) in [7, 11) is 0. The van der Waals surface area contributed by atoms with Crippen LogP contribution in [0.2, 0.25) is 0 Å². The number of hydrogen-bond acceptors (Lipinski definition) is 4. The van der Waals surface area contributed by atoms with Crippen molar-refractivity contribution in [3.8, 4) is 0 Å². The topological polar surface area (TPSA) is 93.1 Å². The average Bonchev–Trinajstić information content (AvgIpc) is 2.63. The Kier molecular flexibility index (Phi) is 5.07. The van der Waals surface area contributed by atoms with E-state index in [0.717, 1.165) is 5.56 Å². The van der Waals surface area contributed by atoms with Gasteiger partial charge in [-0.15, -0.1) is 0 Å². The van der Waals surface area contributed by atoms with E-state index in [9.17, 15) is 14.4 Å². The summed E-state index contributed by atoms with van der Waals surface area (Å²) in [5.41, 5.74) is 1.94. The van der Waals surface area contributed by atoms with Crippen LogP contribution in [0.5, 0.6) is 0 Å². The third-order valence-electron chi connectivity index (χ3n) is 3.81. The largest absolute Gasteiger partial charge is 0.350 e. The summed E-state index contributed by atoms with van der Waals surface area (Å²) in [6, 6.07) is 14.2. The van der Waals surface area contributed by atoms with Gasteiger partial charge in [-0.2, -0.15) is 0 Å². The van der Waals surface area contributed by atoms with Crippen molar-refractivity contribution in [2.75, 3.05) is 5.32 Å². The molecule has 26 heavy (non-hydrogen) atoms. The van der Waals surface area contributed by atoms with E-state index in [1.807, 2.05) is 18.2 Å². The van der Waals surface area contributed by atoms with Crippen LogP contribution in [0.1, 0.15) is 12.5 Å². The van der Waals surface area contributed by atoms with E-state index in [1.54, 1.807) is 30.3 Å². The maximum atomic E-state index is 12.4. The second-order valence-corrected chi connectivity index (χ2v) is 5.85. The fourth-order valence-electron chi connectivity index (χ4n) is 2.54. The highest BCUT2D eigenvalue weighted by molar-refractivity contribution is 5.88. The number of benzene rings is 2. The van der Waals surface area contributed by atoms with Crippen LogP contribution in [-0.2, 0) is 22.7 Å². The third-order valence-corrected chi connectivity index (χ3v) is 3.81. The molecule has 0 spiro atoms. The van der Waals surface area contributed by atoms with E-state index in [-0.39, 0.29) is 23.9 Å². The van der Waals surface area contributed by atoms with E-state index < -0.39 is 0 Å². The van der Waals surface area contributed by atoms with E-state index >= 15 is 0 Å². The zero-order valence-electron chi connectivity index (χ0n) is 14.2. The van der Waals surface area contributed by atoms with Gasteiger partial charge in [0.1, 0.15) is 6.54 Å². The summed E-state index contributed by atoms with van der Waals surface area (Å²) in [6.07, 6.45) is 1.38. The molecular formula is C19H18N4O3. The lowest BCUT2D eigenvalue weighted by Gasteiger charge is -2.09. The Morgan fingerprint density at radius 2 is 1.81 bits per heavy atom. The van der Waals surface area contributed by atoms with Crippen LogP contribution in [0.4, 0.5) is 5.69 Å². The molecule has 2 aromatic carbocycles. The van der Waals surface area contributed by atoms with Crippen molar-refractivity contribution in [1.82, 2.24) is 14.9 Å². The van der Waals surface area contributed by atoms with Crippen LogP contribution in [0.3, 0.4) is 0 Å².